The number of carbonyl (C=O) groups excluding carboxylic acids is 1. The summed E-state index contributed by atoms with van der Waals surface area (Å²) >= 11 is 0. The lowest BCUT2D eigenvalue weighted by Gasteiger charge is -2.40. The molecule has 1 atom stereocenters. The summed E-state index contributed by atoms with van der Waals surface area (Å²) in [5.74, 6) is 0.126. The highest BCUT2D eigenvalue weighted by atomic mass is 16.7. The lowest BCUT2D eigenvalue weighted by atomic mass is 9.68. The van der Waals surface area contributed by atoms with Gasteiger partial charge in [-0.3, -0.25) is 4.79 Å². The molecule has 21 heavy (non-hydrogen) atoms. The smallest absolute Gasteiger partial charge is 0.223 e. The fourth-order valence-electron chi connectivity index (χ4n) is 4.27. The Morgan fingerprint density at radius 1 is 1.00 bits per heavy atom. The van der Waals surface area contributed by atoms with Crippen molar-refractivity contribution in [1.29, 1.82) is 0 Å². The van der Waals surface area contributed by atoms with Crippen LogP contribution in [-0.2, 0) is 14.3 Å². The standard InChI is InChI=1S/C17H29NO3/c1-16(2)8-4-3-5-14(16)15(19)18-13-6-9-17(10-7-13)20-11-12-21-17/h13-14H,3-12H2,1-2H3,(H,18,19). The Labute approximate surface area is 127 Å². The first-order chi connectivity index (χ1) is 10.0. The zero-order valence-electron chi connectivity index (χ0n) is 13.5. The van der Waals surface area contributed by atoms with E-state index in [1.165, 1.54) is 19.3 Å². The second-order valence-electron chi connectivity index (χ2n) is 7.68. The number of rotatable bonds is 2. The van der Waals surface area contributed by atoms with E-state index in [0.29, 0.717) is 19.3 Å². The van der Waals surface area contributed by atoms with Gasteiger partial charge in [-0.15, -0.1) is 0 Å². The van der Waals surface area contributed by atoms with Gasteiger partial charge in [0, 0.05) is 24.8 Å². The summed E-state index contributed by atoms with van der Waals surface area (Å²) in [6.07, 6.45) is 8.42. The van der Waals surface area contributed by atoms with Gasteiger partial charge >= 0.3 is 0 Å². The van der Waals surface area contributed by atoms with Crippen LogP contribution < -0.4 is 5.32 Å². The third-order valence-electron chi connectivity index (χ3n) is 5.73. The summed E-state index contributed by atoms with van der Waals surface area (Å²) in [6, 6.07) is 0.300. The SMILES string of the molecule is CC1(C)CCCCC1C(=O)NC1CCC2(CC1)OCCO2. The number of hydrogen-bond donors (Lipinski definition) is 1. The molecule has 0 radical (unpaired) electrons. The highest BCUT2D eigenvalue weighted by Gasteiger charge is 2.42. The van der Waals surface area contributed by atoms with E-state index in [4.69, 9.17) is 9.47 Å². The summed E-state index contributed by atoms with van der Waals surface area (Å²) in [5.41, 5.74) is 0.149. The largest absolute Gasteiger partial charge is 0.353 e. The van der Waals surface area contributed by atoms with E-state index in [1.807, 2.05) is 0 Å². The zero-order valence-corrected chi connectivity index (χ0v) is 13.5. The van der Waals surface area contributed by atoms with Crippen LogP contribution in [0.5, 0.6) is 0 Å². The van der Waals surface area contributed by atoms with Crippen LogP contribution in [0.2, 0.25) is 0 Å². The van der Waals surface area contributed by atoms with E-state index in [0.717, 1.165) is 32.1 Å². The molecular weight excluding hydrogens is 266 g/mol. The summed E-state index contributed by atoms with van der Waals surface area (Å²) in [6.45, 7) is 5.92. The Balaban J connectivity index is 1.51. The van der Waals surface area contributed by atoms with Gasteiger partial charge in [0.1, 0.15) is 0 Å². The first-order valence-electron chi connectivity index (χ1n) is 8.59. The van der Waals surface area contributed by atoms with Crippen molar-refractivity contribution in [3.8, 4) is 0 Å². The Hall–Kier alpha value is -0.610. The van der Waals surface area contributed by atoms with Gasteiger partial charge < -0.3 is 14.8 Å². The van der Waals surface area contributed by atoms with Crippen LogP contribution in [0.3, 0.4) is 0 Å². The molecule has 1 unspecified atom stereocenters. The number of ether oxygens (including phenoxy) is 2. The third-order valence-corrected chi connectivity index (χ3v) is 5.73. The van der Waals surface area contributed by atoms with E-state index in [9.17, 15) is 4.79 Å². The summed E-state index contributed by atoms with van der Waals surface area (Å²) < 4.78 is 11.5. The number of nitrogens with one attached hydrogen (secondary N) is 1. The predicted octanol–water partition coefficient (Wildman–Crippen LogP) is 3.00. The molecule has 0 aromatic carbocycles. The van der Waals surface area contributed by atoms with Crippen molar-refractivity contribution in [1.82, 2.24) is 5.32 Å². The van der Waals surface area contributed by atoms with E-state index >= 15 is 0 Å². The van der Waals surface area contributed by atoms with E-state index < -0.39 is 0 Å². The topological polar surface area (TPSA) is 47.6 Å². The number of amides is 1. The van der Waals surface area contributed by atoms with Gasteiger partial charge in [0.2, 0.25) is 5.91 Å². The highest BCUT2D eigenvalue weighted by molar-refractivity contribution is 5.79. The van der Waals surface area contributed by atoms with Crippen molar-refractivity contribution in [2.75, 3.05) is 13.2 Å². The Bertz CT molecular complexity index is 377. The van der Waals surface area contributed by atoms with Crippen molar-refractivity contribution in [2.45, 2.75) is 77.0 Å². The second kappa shape index (κ2) is 5.88. The average Bonchev–Trinajstić information content (AvgIpc) is 2.89. The third kappa shape index (κ3) is 3.26. The first kappa shape index (κ1) is 15.3. The van der Waals surface area contributed by atoms with Gasteiger partial charge in [0.05, 0.1) is 13.2 Å². The molecule has 4 heteroatoms. The molecule has 2 saturated carbocycles. The zero-order chi connectivity index (χ0) is 14.9. The minimum atomic E-state index is -0.328. The van der Waals surface area contributed by atoms with Crippen molar-refractivity contribution in [3.05, 3.63) is 0 Å². The molecule has 0 bridgehead atoms. The molecule has 1 saturated heterocycles. The number of carbonyl (C=O) groups is 1. The van der Waals surface area contributed by atoms with E-state index in [2.05, 4.69) is 19.2 Å². The van der Waals surface area contributed by atoms with Gasteiger partial charge in [-0.1, -0.05) is 26.7 Å². The van der Waals surface area contributed by atoms with Crippen LogP contribution in [0, 0.1) is 11.3 Å². The maximum atomic E-state index is 12.6. The van der Waals surface area contributed by atoms with Crippen LogP contribution in [0.25, 0.3) is 0 Å². The quantitative estimate of drug-likeness (QED) is 0.852. The molecule has 1 spiro atoms. The second-order valence-corrected chi connectivity index (χ2v) is 7.68. The highest BCUT2D eigenvalue weighted by Crippen LogP contribution is 2.41. The average molecular weight is 295 g/mol. The van der Waals surface area contributed by atoms with Crippen LogP contribution in [0.15, 0.2) is 0 Å². The monoisotopic (exact) mass is 295 g/mol. The Kier molecular flexibility index (Phi) is 4.28. The van der Waals surface area contributed by atoms with Crippen molar-refractivity contribution in [3.63, 3.8) is 0 Å². The molecular formula is C17H29NO3. The van der Waals surface area contributed by atoms with Gasteiger partial charge in [-0.2, -0.15) is 0 Å². The molecule has 3 rings (SSSR count). The predicted molar refractivity (Wildman–Crippen MR) is 80.8 cm³/mol. The van der Waals surface area contributed by atoms with Gasteiger partial charge in [0.25, 0.3) is 0 Å². The molecule has 1 amide bonds. The molecule has 0 aromatic rings. The Morgan fingerprint density at radius 2 is 1.67 bits per heavy atom. The molecule has 1 N–H and O–H groups in total. The summed E-state index contributed by atoms with van der Waals surface area (Å²) in [5, 5.41) is 3.30. The maximum absolute atomic E-state index is 12.6. The first-order valence-corrected chi connectivity index (χ1v) is 8.59. The summed E-state index contributed by atoms with van der Waals surface area (Å²) in [7, 11) is 0. The van der Waals surface area contributed by atoms with Gasteiger partial charge in [-0.05, 0) is 31.1 Å². The van der Waals surface area contributed by atoms with Crippen LogP contribution in [0.1, 0.15) is 65.2 Å². The van der Waals surface area contributed by atoms with Crippen LogP contribution in [-0.4, -0.2) is 30.9 Å². The van der Waals surface area contributed by atoms with Crippen molar-refractivity contribution >= 4 is 5.91 Å². The maximum Gasteiger partial charge on any atom is 0.223 e. The minimum absolute atomic E-state index is 0.149. The van der Waals surface area contributed by atoms with E-state index in [-0.39, 0.29) is 23.0 Å². The van der Waals surface area contributed by atoms with Gasteiger partial charge in [-0.25, -0.2) is 0 Å². The Morgan fingerprint density at radius 3 is 2.29 bits per heavy atom. The van der Waals surface area contributed by atoms with Crippen LogP contribution in [0.4, 0.5) is 0 Å². The molecule has 4 nitrogen and oxygen atoms in total. The van der Waals surface area contributed by atoms with E-state index in [1.54, 1.807) is 0 Å². The molecule has 3 fully saturated rings. The fourth-order valence-corrected chi connectivity index (χ4v) is 4.27. The lowest BCUT2D eigenvalue weighted by Crippen LogP contribution is -2.48. The van der Waals surface area contributed by atoms with Crippen molar-refractivity contribution in [2.24, 2.45) is 11.3 Å². The number of hydrogen-bond acceptors (Lipinski definition) is 3. The van der Waals surface area contributed by atoms with Gasteiger partial charge in [0.15, 0.2) is 5.79 Å². The molecule has 1 aliphatic heterocycles. The minimum Gasteiger partial charge on any atom is -0.353 e. The molecule has 3 aliphatic rings. The van der Waals surface area contributed by atoms with Crippen LogP contribution >= 0.6 is 0 Å². The normalized spacial score (nSPS) is 32.2. The van der Waals surface area contributed by atoms with Crippen molar-refractivity contribution < 1.29 is 14.3 Å². The lowest BCUT2D eigenvalue weighted by molar-refractivity contribution is -0.180. The molecule has 0 aromatic heterocycles. The molecule has 1 heterocycles. The summed E-state index contributed by atoms with van der Waals surface area (Å²) in [4.78, 5) is 12.6. The molecule has 120 valence electrons. The molecule has 2 aliphatic carbocycles. The fraction of sp³-hybridized carbons (Fsp3) is 0.941.